The first-order valence-corrected chi connectivity index (χ1v) is 9.10. The van der Waals surface area contributed by atoms with Gasteiger partial charge in [0.25, 0.3) is 0 Å². The minimum Gasteiger partial charge on any atom is -0.293 e. The zero-order chi connectivity index (χ0) is 18.0. The van der Waals surface area contributed by atoms with E-state index in [1.807, 2.05) is 19.9 Å². The van der Waals surface area contributed by atoms with Gasteiger partial charge in [-0.2, -0.15) is 0 Å². The van der Waals surface area contributed by atoms with Gasteiger partial charge in [0.05, 0.1) is 5.69 Å². The molecule has 1 saturated carbocycles. The average Bonchev–Trinajstić information content (AvgIpc) is 3.05. The largest absolute Gasteiger partial charge is 0.293 e. The zero-order valence-corrected chi connectivity index (χ0v) is 15.2. The van der Waals surface area contributed by atoms with Crippen LogP contribution in [0.4, 0.5) is 10.2 Å². The van der Waals surface area contributed by atoms with E-state index in [9.17, 15) is 9.18 Å². The Morgan fingerprint density at radius 2 is 1.96 bits per heavy atom. The van der Waals surface area contributed by atoms with Gasteiger partial charge in [0.15, 0.2) is 5.82 Å². The van der Waals surface area contributed by atoms with Gasteiger partial charge in [0, 0.05) is 24.2 Å². The number of anilines is 1. The second-order valence-corrected chi connectivity index (χ2v) is 7.36. The zero-order valence-electron chi connectivity index (χ0n) is 15.2. The van der Waals surface area contributed by atoms with Crippen molar-refractivity contribution >= 4 is 11.7 Å². The highest BCUT2D eigenvalue weighted by Crippen LogP contribution is 2.31. The number of hydrogen-bond donors (Lipinski definition) is 0. The van der Waals surface area contributed by atoms with Crippen LogP contribution in [0.15, 0.2) is 36.5 Å². The fourth-order valence-electron chi connectivity index (χ4n) is 3.54. The van der Waals surface area contributed by atoms with Gasteiger partial charge in [0.1, 0.15) is 5.82 Å². The predicted octanol–water partition coefficient (Wildman–Crippen LogP) is 4.58. The molecule has 0 aliphatic heterocycles. The Morgan fingerprint density at radius 1 is 1.24 bits per heavy atom. The first kappa shape index (κ1) is 17.6. The fraction of sp³-hybridized carbons (Fsp3) is 0.500. The normalized spacial score (nSPS) is 20.7. The number of aromatic nitrogens is 2. The minimum absolute atomic E-state index is 0.0303. The maximum absolute atomic E-state index is 13.4. The third-order valence-electron chi connectivity index (χ3n) is 5.01. The molecule has 2 aromatic rings. The first-order chi connectivity index (χ1) is 12.0. The van der Waals surface area contributed by atoms with Crippen molar-refractivity contribution in [3.63, 3.8) is 0 Å². The number of nitrogens with zero attached hydrogens (tertiary/aromatic N) is 3. The molecule has 1 heterocycles. The smallest absolute Gasteiger partial charge is 0.231 e. The molecule has 5 heteroatoms. The molecule has 1 aliphatic rings. The van der Waals surface area contributed by atoms with Crippen molar-refractivity contribution in [3.05, 3.63) is 42.3 Å². The molecule has 134 valence electrons. The van der Waals surface area contributed by atoms with Crippen LogP contribution in [-0.2, 0) is 4.79 Å². The van der Waals surface area contributed by atoms with Gasteiger partial charge >= 0.3 is 0 Å². The summed E-state index contributed by atoms with van der Waals surface area (Å²) in [6.07, 6.45) is 5.90. The number of halogens is 1. The highest BCUT2D eigenvalue weighted by molar-refractivity contribution is 5.94. The van der Waals surface area contributed by atoms with Crippen molar-refractivity contribution in [3.8, 4) is 5.69 Å². The summed E-state index contributed by atoms with van der Waals surface area (Å²) in [4.78, 5) is 14.9. The summed E-state index contributed by atoms with van der Waals surface area (Å²) in [7, 11) is 0. The van der Waals surface area contributed by atoms with Gasteiger partial charge in [-0.3, -0.25) is 9.69 Å². The maximum Gasteiger partial charge on any atom is 0.231 e. The molecule has 0 spiro atoms. The van der Waals surface area contributed by atoms with Gasteiger partial charge in [-0.15, -0.1) is 5.10 Å². The molecule has 1 aliphatic carbocycles. The topological polar surface area (TPSA) is 38.1 Å². The van der Waals surface area contributed by atoms with Crippen LogP contribution >= 0.6 is 0 Å². The van der Waals surface area contributed by atoms with Crippen LogP contribution in [-0.4, -0.2) is 21.7 Å². The second kappa shape index (κ2) is 7.38. The van der Waals surface area contributed by atoms with E-state index in [-0.39, 0.29) is 23.7 Å². The first-order valence-electron chi connectivity index (χ1n) is 9.10. The molecule has 4 nitrogen and oxygen atoms in total. The lowest BCUT2D eigenvalue weighted by molar-refractivity contribution is -0.123. The summed E-state index contributed by atoms with van der Waals surface area (Å²) in [5.74, 6) is 1.28. The van der Waals surface area contributed by atoms with E-state index in [0.717, 1.165) is 25.7 Å². The maximum atomic E-state index is 13.4. The lowest BCUT2D eigenvalue weighted by atomic mass is 9.82. The summed E-state index contributed by atoms with van der Waals surface area (Å²) in [6.45, 7) is 6.26. The summed E-state index contributed by atoms with van der Waals surface area (Å²) < 4.78 is 15.1. The number of carbonyl (C=O) groups excluding carboxylic acids is 1. The Balaban J connectivity index is 1.83. The van der Waals surface area contributed by atoms with Crippen molar-refractivity contribution in [2.75, 3.05) is 4.90 Å². The van der Waals surface area contributed by atoms with E-state index in [0.29, 0.717) is 17.4 Å². The molecule has 3 rings (SSSR count). The van der Waals surface area contributed by atoms with E-state index >= 15 is 0 Å². The van der Waals surface area contributed by atoms with Crippen LogP contribution < -0.4 is 4.90 Å². The standard InChI is InChI=1S/C20H26FN3O/c1-14(2)24(20(25)16-9-7-15(3)8-10-16)19-11-12-23(22-19)18-6-4-5-17(21)13-18/h4-6,11-16H,7-10H2,1-3H3. The Morgan fingerprint density at radius 3 is 2.60 bits per heavy atom. The lowest BCUT2D eigenvalue weighted by Crippen LogP contribution is -2.42. The number of amides is 1. The summed E-state index contributed by atoms with van der Waals surface area (Å²) in [5, 5.41) is 4.53. The van der Waals surface area contributed by atoms with Gasteiger partial charge in [0.2, 0.25) is 5.91 Å². The van der Waals surface area contributed by atoms with Crippen LogP contribution in [0.2, 0.25) is 0 Å². The molecule has 0 unspecified atom stereocenters. The Kier molecular flexibility index (Phi) is 5.21. The van der Waals surface area contributed by atoms with E-state index in [1.54, 1.807) is 27.9 Å². The lowest BCUT2D eigenvalue weighted by Gasteiger charge is -2.32. The molecular weight excluding hydrogens is 317 g/mol. The number of carbonyl (C=O) groups is 1. The van der Waals surface area contributed by atoms with Crippen LogP contribution in [0.5, 0.6) is 0 Å². The van der Waals surface area contributed by atoms with Crippen LogP contribution in [0.1, 0.15) is 46.5 Å². The van der Waals surface area contributed by atoms with Crippen molar-refractivity contribution in [1.29, 1.82) is 0 Å². The molecular formula is C20H26FN3O. The summed E-state index contributed by atoms with van der Waals surface area (Å²) >= 11 is 0. The third-order valence-corrected chi connectivity index (χ3v) is 5.01. The van der Waals surface area contributed by atoms with Gasteiger partial charge < -0.3 is 0 Å². The molecule has 1 fully saturated rings. The molecule has 0 saturated heterocycles. The van der Waals surface area contributed by atoms with E-state index in [4.69, 9.17) is 0 Å². The van der Waals surface area contributed by atoms with Crippen LogP contribution in [0.3, 0.4) is 0 Å². The van der Waals surface area contributed by atoms with Gasteiger partial charge in [-0.25, -0.2) is 9.07 Å². The Labute approximate surface area is 148 Å². The minimum atomic E-state index is -0.303. The molecule has 25 heavy (non-hydrogen) atoms. The Bertz CT molecular complexity index is 732. The number of hydrogen-bond acceptors (Lipinski definition) is 2. The van der Waals surface area contributed by atoms with Crippen molar-refractivity contribution in [2.24, 2.45) is 11.8 Å². The molecule has 0 radical (unpaired) electrons. The van der Waals surface area contributed by atoms with E-state index in [1.165, 1.54) is 12.1 Å². The highest BCUT2D eigenvalue weighted by atomic mass is 19.1. The highest BCUT2D eigenvalue weighted by Gasteiger charge is 2.31. The van der Waals surface area contributed by atoms with Crippen LogP contribution in [0, 0.1) is 17.7 Å². The van der Waals surface area contributed by atoms with Crippen molar-refractivity contribution < 1.29 is 9.18 Å². The third kappa shape index (κ3) is 3.91. The van der Waals surface area contributed by atoms with Gasteiger partial charge in [-0.1, -0.05) is 13.0 Å². The van der Waals surface area contributed by atoms with E-state index in [2.05, 4.69) is 12.0 Å². The van der Waals surface area contributed by atoms with Crippen molar-refractivity contribution in [2.45, 2.75) is 52.5 Å². The monoisotopic (exact) mass is 343 g/mol. The summed E-state index contributed by atoms with van der Waals surface area (Å²) in [5.41, 5.74) is 0.647. The average molecular weight is 343 g/mol. The molecule has 1 aromatic carbocycles. The van der Waals surface area contributed by atoms with E-state index < -0.39 is 0 Å². The summed E-state index contributed by atoms with van der Waals surface area (Å²) in [6, 6.07) is 8.14. The SMILES string of the molecule is CC1CCC(C(=O)N(c2ccn(-c3cccc(F)c3)n2)C(C)C)CC1. The Hall–Kier alpha value is -2.17. The molecule has 0 N–H and O–H groups in total. The fourth-order valence-corrected chi connectivity index (χ4v) is 3.54. The number of benzene rings is 1. The molecule has 0 bridgehead atoms. The predicted molar refractivity (Wildman–Crippen MR) is 97.3 cm³/mol. The molecule has 1 amide bonds. The number of rotatable bonds is 4. The quantitative estimate of drug-likeness (QED) is 0.815. The van der Waals surface area contributed by atoms with Gasteiger partial charge in [-0.05, 0) is 63.6 Å². The second-order valence-electron chi connectivity index (χ2n) is 7.36. The molecule has 0 atom stereocenters. The molecule has 1 aromatic heterocycles. The van der Waals surface area contributed by atoms with Crippen molar-refractivity contribution in [1.82, 2.24) is 9.78 Å². The van der Waals surface area contributed by atoms with Crippen LogP contribution in [0.25, 0.3) is 5.69 Å².